The van der Waals surface area contributed by atoms with Crippen LogP contribution in [-0.2, 0) is 6.42 Å². The van der Waals surface area contributed by atoms with Gasteiger partial charge in [0.2, 0.25) is 0 Å². The lowest BCUT2D eigenvalue weighted by Gasteiger charge is -2.27. The van der Waals surface area contributed by atoms with Crippen molar-refractivity contribution >= 4 is 0 Å². The van der Waals surface area contributed by atoms with Crippen LogP contribution in [0.15, 0.2) is 6.07 Å². The van der Waals surface area contributed by atoms with Crippen molar-refractivity contribution in [2.24, 2.45) is 5.73 Å². The second-order valence-corrected chi connectivity index (χ2v) is 5.49. The van der Waals surface area contributed by atoms with Crippen LogP contribution in [0.4, 0.5) is 0 Å². The van der Waals surface area contributed by atoms with Crippen molar-refractivity contribution in [3.05, 3.63) is 22.8 Å². The van der Waals surface area contributed by atoms with Gasteiger partial charge >= 0.3 is 0 Å². The maximum absolute atomic E-state index is 6.12. The molecule has 2 N–H and O–H groups in total. The molecule has 1 aliphatic heterocycles. The quantitative estimate of drug-likeness (QED) is 0.855. The van der Waals surface area contributed by atoms with Crippen LogP contribution < -0.4 is 15.2 Å². The first-order valence-electron chi connectivity index (χ1n) is 6.06. The van der Waals surface area contributed by atoms with Crippen molar-refractivity contribution in [3.8, 4) is 11.5 Å². The van der Waals surface area contributed by atoms with Crippen molar-refractivity contribution in [1.29, 1.82) is 0 Å². The SMILES string of the molecule is Cc1cc2c(c(CC(C)(C)N)c1C)OCCO2. The first kappa shape index (κ1) is 12.2. The molecule has 3 heteroatoms. The largest absolute Gasteiger partial charge is 0.486 e. The van der Waals surface area contributed by atoms with Crippen molar-refractivity contribution in [1.82, 2.24) is 0 Å². The standard InChI is InChI=1S/C14H21NO2/c1-9-7-12-13(17-6-5-16-12)11(10(9)2)8-14(3,4)15/h7H,5-6,8,15H2,1-4H3. The maximum atomic E-state index is 6.12. The van der Waals surface area contributed by atoms with Crippen LogP contribution in [0.25, 0.3) is 0 Å². The molecule has 1 aromatic carbocycles. The van der Waals surface area contributed by atoms with Crippen molar-refractivity contribution in [3.63, 3.8) is 0 Å². The molecule has 0 atom stereocenters. The van der Waals surface area contributed by atoms with E-state index >= 15 is 0 Å². The lowest BCUT2D eigenvalue weighted by molar-refractivity contribution is 0.169. The van der Waals surface area contributed by atoms with E-state index < -0.39 is 0 Å². The summed E-state index contributed by atoms with van der Waals surface area (Å²) >= 11 is 0. The summed E-state index contributed by atoms with van der Waals surface area (Å²) < 4.78 is 11.4. The fourth-order valence-corrected chi connectivity index (χ4v) is 2.16. The molecule has 0 saturated heterocycles. The van der Waals surface area contributed by atoms with Crippen LogP contribution in [0.2, 0.25) is 0 Å². The van der Waals surface area contributed by atoms with E-state index in [9.17, 15) is 0 Å². The molecule has 1 aliphatic rings. The topological polar surface area (TPSA) is 44.5 Å². The summed E-state index contributed by atoms with van der Waals surface area (Å²) in [6.45, 7) is 9.53. The summed E-state index contributed by atoms with van der Waals surface area (Å²) in [7, 11) is 0. The number of hydrogen-bond acceptors (Lipinski definition) is 3. The third-order valence-electron chi connectivity index (χ3n) is 3.11. The first-order valence-corrected chi connectivity index (χ1v) is 6.06. The molecular formula is C14H21NO2. The normalized spacial score (nSPS) is 14.9. The highest BCUT2D eigenvalue weighted by molar-refractivity contribution is 5.55. The minimum absolute atomic E-state index is 0.243. The maximum Gasteiger partial charge on any atom is 0.164 e. The van der Waals surface area contributed by atoms with Gasteiger partial charge in [0.05, 0.1) is 0 Å². The van der Waals surface area contributed by atoms with Crippen LogP contribution in [0.1, 0.15) is 30.5 Å². The summed E-state index contributed by atoms with van der Waals surface area (Å²) in [5.74, 6) is 1.75. The van der Waals surface area contributed by atoms with E-state index in [1.807, 2.05) is 13.8 Å². The number of nitrogens with two attached hydrogens (primary N) is 1. The van der Waals surface area contributed by atoms with Gasteiger partial charge in [-0.15, -0.1) is 0 Å². The number of fused-ring (bicyclic) bond motifs is 1. The van der Waals surface area contributed by atoms with E-state index in [-0.39, 0.29) is 5.54 Å². The smallest absolute Gasteiger partial charge is 0.164 e. The van der Waals surface area contributed by atoms with Gasteiger partial charge in [-0.25, -0.2) is 0 Å². The predicted octanol–water partition coefficient (Wildman–Crippen LogP) is 2.35. The Morgan fingerprint density at radius 2 is 1.88 bits per heavy atom. The Balaban J connectivity index is 2.51. The van der Waals surface area contributed by atoms with Gasteiger partial charge in [-0.2, -0.15) is 0 Å². The summed E-state index contributed by atoms with van der Waals surface area (Å²) in [5.41, 5.74) is 9.55. The molecule has 0 unspecified atom stereocenters. The Labute approximate surface area is 103 Å². The zero-order valence-electron chi connectivity index (χ0n) is 11.1. The van der Waals surface area contributed by atoms with Crippen molar-refractivity contribution < 1.29 is 9.47 Å². The van der Waals surface area contributed by atoms with E-state index in [1.165, 1.54) is 16.7 Å². The number of hydrogen-bond donors (Lipinski definition) is 1. The van der Waals surface area contributed by atoms with Gasteiger partial charge in [-0.05, 0) is 51.3 Å². The zero-order valence-corrected chi connectivity index (χ0v) is 11.1. The molecule has 3 nitrogen and oxygen atoms in total. The van der Waals surface area contributed by atoms with Gasteiger partial charge in [0.15, 0.2) is 11.5 Å². The van der Waals surface area contributed by atoms with Gasteiger partial charge in [-0.1, -0.05) is 0 Å². The molecular weight excluding hydrogens is 214 g/mol. The van der Waals surface area contributed by atoms with Crippen LogP contribution in [0.3, 0.4) is 0 Å². The fourth-order valence-electron chi connectivity index (χ4n) is 2.16. The third kappa shape index (κ3) is 2.55. The van der Waals surface area contributed by atoms with Gasteiger partial charge in [-0.3, -0.25) is 0 Å². The van der Waals surface area contributed by atoms with Crippen LogP contribution >= 0.6 is 0 Å². The van der Waals surface area contributed by atoms with Gasteiger partial charge in [0.25, 0.3) is 0 Å². The Morgan fingerprint density at radius 1 is 1.24 bits per heavy atom. The average Bonchev–Trinajstić information content (AvgIpc) is 2.23. The Morgan fingerprint density at radius 3 is 2.53 bits per heavy atom. The molecule has 1 aromatic rings. The minimum atomic E-state index is -0.243. The molecule has 0 amide bonds. The van der Waals surface area contributed by atoms with Crippen LogP contribution in [-0.4, -0.2) is 18.8 Å². The van der Waals surface area contributed by atoms with Gasteiger partial charge in [0.1, 0.15) is 13.2 Å². The lowest BCUT2D eigenvalue weighted by atomic mass is 9.90. The molecule has 0 aliphatic carbocycles. The van der Waals surface area contributed by atoms with Gasteiger partial charge in [0, 0.05) is 11.1 Å². The number of aryl methyl sites for hydroxylation is 1. The number of ether oxygens (including phenoxy) is 2. The zero-order chi connectivity index (χ0) is 12.6. The number of benzene rings is 1. The third-order valence-corrected chi connectivity index (χ3v) is 3.11. The summed E-state index contributed by atoms with van der Waals surface area (Å²) in [6.07, 6.45) is 0.798. The highest BCUT2D eigenvalue weighted by Gasteiger charge is 2.23. The van der Waals surface area contributed by atoms with Crippen LogP contribution in [0.5, 0.6) is 11.5 Å². The van der Waals surface area contributed by atoms with Crippen LogP contribution in [0, 0.1) is 13.8 Å². The Bertz CT molecular complexity index is 433. The Hall–Kier alpha value is -1.22. The van der Waals surface area contributed by atoms with Crippen molar-refractivity contribution in [2.75, 3.05) is 13.2 Å². The molecule has 0 spiro atoms. The summed E-state index contributed by atoms with van der Waals surface area (Å²) in [6, 6.07) is 2.05. The fraction of sp³-hybridized carbons (Fsp3) is 0.571. The van der Waals surface area contributed by atoms with Gasteiger partial charge < -0.3 is 15.2 Å². The molecule has 0 saturated carbocycles. The summed E-state index contributed by atoms with van der Waals surface area (Å²) in [4.78, 5) is 0. The molecule has 94 valence electrons. The first-order chi connectivity index (χ1) is 7.88. The predicted molar refractivity (Wildman–Crippen MR) is 68.9 cm³/mol. The van der Waals surface area contributed by atoms with E-state index in [4.69, 9.17) is 15.2 Å². The lowest BCUT2D eigenvalue weighted by Crippen LogP contribution is -2.35. The van der Waals surface area contributed by atoms with E-state index in [0.717, 1.165) is 17.9 Å². The minimum Gasteiger partial charge on any atom is -0.486 e. The van der Waals surface area contributed by atoms with E-state index in [0.29, 0.717) is 13.2 Å². The molecule has 0 fully saturated rings. The molecule has 2 rings (SSSR count). The van der Waals surface area contributed by atoms with E-state index in [2.05, 4.69) is 19.9 Å². The molecule has 0 bridgehead atoms. The average molecular weight is 235 g/mol. The van der Waals surface area contributed by atoms with Crippen molar-refractivity contribution in [2.45, 2.75) is 39.7 Å². The van der Waals surface area contributed by atoms with E-state index in [1.54, 1.807) is 0 Å². The molecule has 1 heterocycles. The second kappa shape index (κ2) is 4.22. The second-order valence-electron chi connectivity index (χ2n) is 5.49. The highest BCUT2D eigenvalue weighted by atomic mass is 16.6. The molecule has 0 radical (unpaired) electrons. The number of rotatable bonds is 2. The molecule has 17 heavy (non-hydrogen) atoms. The highest BCUT2D eigenvalue weighted by Crippen LogP contribution is 2.39. The monoisotopic (exact) mass is 235 g/mol. The summed E-state index contributed by atoms with van der Waals surface area (Å²) in [5, 5.41) is 0. The Kier molecular flexibility index (Phi) is 3.04. The molecule has 0 aromatic heterocycles.